The molecular weight excluding hydrogens is 376 g/mol. The molecule has 2 aromatic carbocycles. The number of urea groups is 1. The van der Waals surface area contributed by atoms with Crippen LogP contribution < -0.4 is 5.32 Å². The van der Waals surface area contributed by atoms with Crippen molar-refractivity contribution < 1.29 is 9.59 Å². The van der Waals surface area contributed by atoms with E-state index in [4.69, 9.17) is 5.26 Å². The van der Waals surface area contributed by atoms with Gasteiger partial charge in [0.1, 0.15) is 0 Å². The summed E-state index contributed by atoms with van der Waals surface area (Å²) in [6, 6.07) is 17.3. The van der Waals surface area contributed by atoms with Gasteiger partial charge >= 0.3 is 6.03 Å². The fourth-order valence-corrected chi connectivity index (χ4v) is 3.65. The average Bonchev–Trinajstić information content (AvgIpc) is 3.17. The molecule has 0 aliphatic carbocycles. The van der Waals surface area contributed by atoms with Crippen LogP contribution in [0.4, 0.5) is 4.79 Å². The predicted molar refractivity (Wildman–Crippen MR) is 115 cm³/mol. The number of hydrogen-bond donors (Lipinski definition) is 1. The van der Waals surface area contributed by atoms with Crippen molar-refractivity contribution in [1.82, 2.24) is 15.1 Å². The van der Waals surface area contributed by atoms with E-state index < -0.39 is 0 Å². The molecule has 30 heavy (non-hydrogen) atoms. The Kier molecular flexibility index (Phi) is 7.45. The van der Waals surface area contributed by atoms with Crippen LogP contribution in [0.3, 0.4) is 0 Å². The lowest BCUT2D eigenvalue weighted by Crippen LogP contribution is -2.39. The van der Waals surface area contributed by atoms with E-state index in [1.807, 2.05) is 42.2 Å². The van der Waals surface area contributed by atoms with Crippen molar-refractivity contribution in [2.75, 3.05) is 13.1 Å². The predicted octanol–water partition coefficient (Wildman–Crippen LogP) is 3.80. The molecule has 1 aliphatic rings. The summed E-state index contributed by atoms with van der Waals surface area (Å²) in [4.78, 5) is 28.3. The molecule has 6 heteroatoms. The Morgan fingerprint density at radius 3 is 2.60 bits per heavy atom. The summed E-state index contributed by atoms with van der Waals surface area (Å²) in [7, 11) is 0. The topological polar surface area (TPSA) is 76.4 Å². The molecule has 0 unspecified atom stereocenters. The smallest absolute Gasteiger partial charge is 0.317 e. The summed E-state index contributed by atoms with van der Waals surface area (Å²) < 4.78 is 0. The molecule has 1 N–H and O–H groups in total. The van der Waals surface area contributed by atoms with Gasteiger partial charge in [-0.15, -0.1) is 0 Å². The second-order valence-electron chi connectivity index (χ2n) is 7.63. The number of nitriles is 1. The Morgan fingerprint density at radius 2 is 1.93 bits per heavy atom. The molecule has 6 nitrogen and oxygen atoms in total. The molecule has 1 saturated heterocycles. The zero-order valence-corrected chi connectivity index (χ0v) is 17.4. The van der Waals surface area contributed by atoms with Crippen LogP contribution in [-0.4, -0.2) is 34.8 Å². The maximum atomic E-state index is 12.8. The normalized spacial score (nSPS) is 13.2. The minimum absolute atomic E-state index is 0.110. The molecule has 0 atom stereocenters. The van der Waals surface area contributed by atoms with Gasteiger partial charge in [-0.3, -0.25) is 4.79 Å². The quantitative estimate of drug-likeness (QED) is 0.727. The number of likely N-dealkylation sites (tertiary alicyclic amines) is 1. The van der Waals surface area contributed by atoms with Gasteiger partial charge in [0.2, 0.25) is 5.91 Å². The van der Waals surface area contributed by atoms with Gasteiger partial charge in [-0.25, -0.2) is 4.79 Å². The molecule has 0 bridgehead atoms. The van der Waals surface area contributed by atoms with Gasteiger partial charge in [-0.05, 0) is 41.7 Å². The molecule has 0 aromatic heterocycles. The average molecular weight is 405 g/mol. The zero-order valence-electron chi connectivity index (χ0n) is 17.4. The van der Waals surface area contributed by atoms with Crippen molar-refractivity contribution >= 4 is 11.9 Å². The van der Waals surface area contributed by atoms with Gasteiger partial charge in [0.15, 0.2) is 0 Å². The third-order valence-corrected chi connectivity index (χ3v) is 5.22. The van der Waals surface area contributed by atoms with Crippen LogP contribution in [0.1, 0.15) is 48.4 Å². The summed E-state index contributed by atoms with van der Waals surface area (Å²) in [5, 5.41) is 11.9. The standard InChI is InChI=1S/C24H28N4O2/c1-2-12-28(17-20-10-8-19(15-25)9-11-20)24(30)26-16-21-5-3-6-22(14-21)18-27-13-4-7-23(27)29/h3,5-6,8-11,14H,2,4,7,12-13,16-18H2,1H3,(H,26,30). The maximum Gasteiger partial charge on any atom is 0.317 e. The van der Waals surface area contributed by atoms with Gasteiger partial charge in [0, 0.05) is 39.1 Å². The number of carbonyl (C=O) groups is 2. The highest BCUT2D eigenvalue weighted by Crippen LogP contribution is 2.15. The fourth-order valence-electron chi connectivity index (χ4n) is 3.65. The van der Waals surface area contributed by atoms with E-state index in [0.29, 0.717) is 38.2 Å². The number of benzene rings is 2. The molecular formula is C24H28N4O2. The summed E-state index contributed by atoms with van der Waals surface area (Å²) in [6.07, 6.45) is 2.44. The first kappa shape index (κ1) is 21.4. The van der Waals surface area contributed by atoms with E-state index in [2.05, 4.69) is 17.5 Å². The van der Waals surface area contributed by atoms with Gasteiger partial charge < -0.3 is 15.1 Å². The van der Waals surface area contributed by atoms with Gasteiger partial charge in [0.05, 0.1) is 11.6 Å². The largest absolute Gasteiger partial charge is 0.338 e. The Hall–Kier alpha value is -3.33. The molecule has 1 heterocycles. The molecule has 0 saturated carbocycles. The van der Waals surface area contributed by atoms with Crippen molar-refractivity contribution in [3.8, 4) is 6.07 Å². The van der Waals surface area contributed by atoms with Crippen molar-refractivity contribution in [2.45, 2.75) is 45.8 Å². The van der Waals surface area contributed by atoms with Crippen LogP contribution >= 0.6 is 0 Å². The van der Waals surface area contributed by atoms with Crippen LogP contribution in [0, 0.1) is 11.3 Å². The molecule has 1 fully saturated rings. The van der Waals surface area contributed by atoms with E-state index >= 15 is 0 Å². The van der Waals surface area contributed by atoms with Gasteiger partial charge in [-0.2, -0.15) is 5.26 Å². The maximum absolute atomic E-state index is 12.8. The van der Waals surface area contributed by atoms with E-state index in [1.54, 1.807) is 17.0 Å². The highest BCUT2D eigenvalue weighted by molar-refractivity contribution is 5.78. The Morgan fingerprint density at radius 1 is 1.17 bits per heavy atom. The number of nitrogens with one attached hydrogen (secondary N) is 1. The highest BCUT2D eigenvalue weighted by Gasteiger charge is 2.20. The van der Waals surface area contributed by atoms with Gasteiger partial charge in [-0.1, -0.05) is 43.3 Å². The minimum Gasteiger partial charge on any atom is -0.338 e. The Balaban J connectivity index is 1.57. The van der Waals surface area contributed by atoms with Crippen LogP contribution in [0.15, 0.2) is 48.5 Å². The SMILES string of the molecule is CCCN(Cc1ccc(C#N)cc1)C(=O)NCc1cccc(CN2CCCC2=O)c1. The summed E-state index contributed by atoms with van der Waals surface area (Å²) in [6.45, 7) is 5.09. The first-order valence-corrected chi connectivity index (χ1v) is 10.5. The van der Waals surface area contributed by atoms with Crippen molar-refractivity contribution in [1.29, 1.82) is 5.26 Å². The monoisotopic (exact) mass is 404 g/mol. The van der Waals surface area contributed by atoms with E-state index in [1.165, 1.54) is 0 Å². The van der Waals surface area contributed by atoms with E-state index in [9.17, 15) is 9.59 Å². The van der Waals surface area contributed by atoms with E-state index in [0.717, 1.165) is 36.1 Å². The van der Waals surface area contributed by atoms with Crippen molar-refractivity contribution in [2.24, 2.45) is 0 Å². The van der Waals surface area contributed by atoms with Crippen LogP contribution in [0.5, 0.6) is 0 Å². The van der Waals surface area contributed by atoms with E-state index in [-0.39, 0.29) is 11.9 Å². The molecule has 0 spiro atoms. The molecule has 156 valence electrons. The number of nitrogens with zero attached hydrogens (tertiary/aromatic N) is 3. The third-order valence-electron chi connectivity index (χ3n) is 5.22. The second kappa shape index (κ2) is 10.4. The van der Waals surface area contributed by atoms with Crippen LogP contribution in [0.2, 0.25) is 0 Å². The zero-order chi connectivity index (χ0) is 21.3. The number of hydrogen-bond acceptors (Lipinski definition) is 3. The highest BCUT2D eigenvalue weighted by atomic mass is 16.2. The lowest BCUT2D eigenvalue weighted by atomic mass is 10.1. The summed E-state index contributed by atoms with van der Waals surface area (Å²) >= 11 is 0. The molecule has 0 radical (unpaired) electrons. The lowest BCUT2D eigenvalue weighted by Gasteiger charge is -2.23. The first-order chi connectivity index (χ1) is 14.6. The first-order valence-electron chi connectivity index (χ1n) is 10.5. The number of carbonyl (C=O) groups excluding carboxylic acids is 2. The second-order valence-corrected chi connectivity index (χ2v) is 7.63. The van der Waals surface area contributed by atoms with Crippen LogP contribution in [0.25, 0.3) is 0 Å². The van der Waals surface area contributed by atoms with Gasteiger partial charge in [0.25, 0.3) is 0 Å². The fraction of sp³-hybridized carbons (Fsp3) is 0.375. The molecule has 2 aromatic rings. The summed E-state index contributed by atoms with van der Waals surface area (Å²) in [5.74, 6) is 0.215. The van der Waals surface area contributed by atoms with Crippen LogP contribution in [-0.2, 0) is 24.4 Å². The summed E-state index contributed by atoms with van der Waals surface area (Å²) in [5.41, 5.74) is 3.71. The van der Waals surface area contributed by atoms with Crippen molar-refractivity contribution in [3.05, 3.63) is 70.8 Å². The number of amides is 3. The molecule has 1 aliphatic heterocycles. The Labute approximate surface area is 178 Å². The lowest BCUT2D eigenvalue weighted by molar-refractivity contribution is -0.128. The Bertz CT molecular complexity index is 918. The third kappa shape index (κ3) is 5.84. The molecule has 3 rings (SSSR count). The number of rotatable bonds is 8. The minimum atomic E-state index is -0.110. The molecule has 3 amide bonds. The van der Waals surface area contributed by atoms with Crippen molar-refractivity contribution in [3.63, 3.8) is 0 Å².